The lowest BCUT2D eigenvalue weighted by Crippen LogP contribution is -2.20. The molecule has 21 heavy (non-hydrogen) atoms. The van der Waals surface area contributed by atoms with Gasteiger partial charge in [-0.2, -0.15) is 5.10 Å². The third-order valence-corrected chi connectivity index (χ3v) is 3.80. The number of benzene rings is 1. The Morgan fingerprint density at radius 3 is 2.90 bits per heavy atom. The lowest BCUT2D eigenvalue weighted by atomic mass is 10.1. The number of rotatable bonds is 7. The second kappa shape index (κ2) is 7.56. The van der Waals surface area contributed by atoms with Crippen molar-refractivity contribution in [3.05, 3.63) is 40.4 Å². The van der Waals surface area contributed by atoms with Crippen molar-refractivity contribution in [2.75, 3.05) is 6.54 Å². The van der Waals surface area contributed by atoms with E-state index in [1.807, 2.05) is 19.2 Å². The maximum atomic E-state index is 5.95. The minimum atomic E-state index is 0.243. The number of hydrogen-bond donors (Lipinski definition) is 1. The molecule has 2 aromatic rings. The molecule has 1 unspecified atom stereocenters. The van der Waals surface area contributed by atoms with Crippen molar-refractivity contribution in [3.8, 4) is 5.75 Å². The zero-order valence-corrected chi connectivity index (χ0v) is 14.2. The van der Waals surface area contributed by atoms with Crippen LogP contribution in [0.15, 0.2) is 29.0 Å². The van der Waals surface area contributed by atoms with Crippen LogP contribution < -0.4 is 10.1 Å². The first-order valence-corrected chi connectivity index (χ1v) is 7.89. The van der Waals surface area contributed by atoms with Gasteiger partial charge in [0, 0.05) is 23.1 Å². The lowest BCUT2D eigenvalue weighted by molar-refractivity contribution is 0.284. The Hall–Kier alpha value is -1.40. The number of halogens is 1. The summed E-state index contributed by atoms with van der Waals surface area (Å²) in [6, 6.07) is 6.36. The Morgan fingerprint density at radius 2 is 2.24 bits per heavy atom. The molecule has 0 radical (unpaired) electrons. The van der Waals surface area contributed by atoms with Crippen molar-refractivity contribution in [1.29, 1.82) is 0 Å². The average Bonchev–Trinajstić information content (AvgIpc) is 2.88. The van der Waals surface area contributed by atoms with Gasteiger partial charge < -0.3 is 10.1 Å². The second-order valence-electron chi connectivity index (χ2n) is 4.95. The quantitative estimate of drug-likeness (QED) is 0.831. The minimum Gasteiger partial charge on any atom is -0.485 e. The van der Waals surface area contributed by atoms with Crippen LogP contribution in [-0.4, -0.2) is 21.3 Å². The monoisotopic (exact) mass is 352 g/mol. The minimum absolute atomic E-state index is 0.243. The highest BCUT2D eigenvalue weighted by molar-refractivity contribution is 9.10. The predicted molar refractivity (Wildman–Crippen MR) is 86.2 cm³/mol. The van der Waals surface area contributed by atoms with Crippen LogP contribution in [0, 0.1) is 0 Å². The van der Waals surface area contributed by atoms with Gasteiger partial charge in [0.2, 0.25) is 0 Å². The Balaban J connectivity index is 2.13. The summed E-state index contributed by atoms with van der Waals surface area (Å²) >= 11 is 3.50. The molecule has 1 aromatic heterocycles. The summed E-state index contributed by atoms with van der Waals surface area (Å²) < 4.78 is 8.67. The van der Waals surface area contributed by atoms with E-state index in [0.717, 1.165) is 34.6 Å². The second-order valence-corrected chi connectivity index (χ2v) is 5.86. The van der Waals surface area contributed by atoms with Crippen LogP contribution in [0.2, 0.25) is 0 Å². The van der Waals surface area contributed by atoms with E-state index in [4.69, 9.17) is 4.74 Å². The van der Waals surface area contributed by atoms with E-state index >= 15 is 0 Å². The third kappa shape index (κ3) is 4.28. The summed E-state index contributed by atoms with van der Waals surface area (Å²) in [5.41, 5.74) is 1.15. The van der Waals surface area contributed by atoms with Crippen molar-refractivity contribution in [1.82, 2.24) is 20.1 Å². The molecular formula is C15H21BrN4O. The van der Waals surface area contributed by atoms with Gasteiger partial charge in [-0.15, -0.1) is 0 Å². The first-order valence-electron chi connectivity index (χ1n) is 7.10. The van der Waals surface area contributed by atoms with Crippen molar-refractivity contribution in [2.24, 2.45) is 7.05 Å². The van der Waals surface area contributed by atoms with Crippen LogP contribution in [0.1, 0.15) is 37.7 Å². The SMILES string of the molecule is CCCNC(C)c1ccc(Br)cc1OCc1ncnn1C. The summed E-state index contributed by atoms with van der Waals surface area (Å²) in [6.45, 7) is 5.70. The molecule has 0 saturated carbocycles. The molecule has 1 aromatic carbocycles. The molecule has 0 aliphatic rings. The zero-order chi connectivity index (χ0) is 15.2. The highest BCUT2D eigenvalue weighted by Crippen LogP contribution is 2.29. The molecular weight excluding hydrogens is 332 g/mol. The normalized spacial score (nSPS) is 12.4. The molecule has 1 N–H and O–H groups in total. The largest absolute Gasteiger partial charge is 0.485 e. The molecule has 114 valence electrons. The molecule has 0 bridgehead atoms. The third-order valence-electron chi connectivity index (χ3n) is 3.30. The van der Waals surface area contributed by atoms with E-state index in [2.05, 4.69) is 51.2 Å². The topological polar surface area (TPSA) is 52.0 Å². The average molecular weight is 353 g/mol. The molecule has 0 amide bonds. The summed E-state index contributed by atoms with van der Waals surface area (Å²) in [7, 11) is 1.86. The number of ether oxygens (including phenoxy) is 1. The van der Waals surface area contributed by atoms with E-state index < -0.39 is 0 Å². The summed E-state index contributed by atoms with van der Waals surface area (Å²) in [5.74, 6) is 1.67. The van der Waals surface area contributed by atoms with Crippen LogP contribution in [0.4, 0.5) is 0 Å². The fourth-order valence-electron chi connectivity index (χ4n) is 2.05. The van der Waals surface area contributed by atoms with Gasteiger partial charge in [0.15, 0.2) is 5.82 Å². The molecule has 2 rings (SSSR count). The molecule has 1 heterocycles. The standard InChI is InChI=1S/C15H21BrN4O/c1-4-7-17-11(2)13-6-5-12(16)8-14(13)21-9-15-18-10-19-20(15)3/h5-6,8,10-11,17H,4,7,9H2,1-3H3. The molecule has 0 saturated heterocycles. The number of nitrogens with zero attached hydrogens (tertiary/aromatic N) is 3. The molecule has 0 aliphatic heterocycles. The van der Waals surface area contributed by atoms with E-state index in [0.29, 0.717) is 6.61 Å². The van der Waals surface area contributed by atoms with Crippen molar-refractivity contribution in [2.45, 2.75) is 32.9 Å². The summed E-state index contributed by atoms with van der Waals surface area (Å²) in [4.78, 5) is 4.18. The van der Waals surface area contributed by atoms with Gasteiger partial charge in [-0.1, -0.05) is 28.9 Å². The van der Waals surface area contributed by atoms with Gasteiger partial charge in [-0.05, 0) is 32.0 Å². The highest BCUT2D eigenvalue weighted by Gasteiger charge is 2.12. The Kier molecular flexibility index (Phi) is 5.76. The van der Waals surface area contributed by atoms with Gasteiger partial charge in [-0.25, -0.2) is 4.98 Å². The maximum Gasteiger partial charge on any atom is 0.164 e. The van der Waals surface area contributed by atoms with Crippen molar-refractivity contribution >= 4 is 15.9 Å². The molecule has 6 heteroatoms. The first-order chi connectivity index (χ1) is 10.1. The van der Waals surface area contributed by atoms with E-state index in [-0.39, 0.29) is 6.04 Å². The fourth-order valence-corrected chi connectivity index (χ4v) is 2.39. The van der Waals surface area contributed by atoms with Gasteiger partial charge in [0.25, 0.3) is 0 Å². The van der Waals surface area contributed by atoms with Crippen LogP contribution in [0.5, 0.6) is 5.75 Å². The Bertz CT molecular complexity index is 585. The summed E-state index contributed by atoms with van der Waals surface area (Å²) in [5, 5.41) is 7.53. The van der Waals surface area contributed by atoms with Crippen LogP contribution in [0.25, 0.3) is 0 Å². The van der Waals surface area contributed by atoms with Crippen molar-refractivity contribution < 1.29 is 4.74 Å². The fraction of sp³-hybridized carbons (Fsp3) is 0.467. The molecule has 5 nitrogen and oxygen atoms in total. The zero-order valence-electron chi connectivity index (χ0n) is 12.6. The van der Waals surface area contributed by atoms with Crippen molar-refractivity contribution in [3.63, 3.8) is 0 Å². The number of aromatic nitrogens is 3. The Labute approximate surface area is 133 Å². The van der Waals surface area contributed by atoms with E-state index in [1.165, 1.54) is 6.33 Å². The molecule has 0 aliphatic carbocycles. The smallest absolute Gasteiger partial charge is 0.164 e. The number of aryl methyl sites for hydroxylation is 1. The van der Waals surface area contributed by atoms with E-state index in [9.17, 15) is 0 Å². The van der Waals surface area contributed by atoms with Crippen LogP contribution in [0.3, 0.4) is 0 Å². The van der Waals surface area contributed by atoms with Gasteiger partial charge in [0.1, 0.15) is 18.7 Å². The Morgan fingerprint density at radius 1 is 1.43 bits per heavy atom. The predicted octanol–water partition coefficient (Wildman–Crippen LogP) is 3.22. The first kappa shape index (κ1) is 16.0. The maximum absolute atomic E-state index is 5.95. The summed E-state index contributed by atoms with van der Waals surface area (Å²) in [6.07, 6.45) is 2.64. The van der Waals surface area contributed by atoms with Crippen LogP contribution in [-0.2, 0) is 13.7 Å². The molecule has 1 atom stereocenters. The number of nitrogens with one attached hydrogen (secondary N) is 1. The van der Waals surface area contributed by atoms with Gasteiger partial charge in [-0.3, -0.25) is 4.68 Å². The molecule has 0 spiro atoms. The van der Waals surface area contributed by atoms with Crippen LogP contribution >= 0.6 is 15.9 Å². The van der Waals surface area contributed by atoms with Gasteiger partial charge >= 0.3 is 0 Å². The lowest BCUT2D eigenvalue weighted by Gasteiger charge is -2.18. The highest BCUT2D eigenvalue weighted by atomic mass is 79.9. The van der Waals surface area contributed by atoms with E-state index in [1.54, 1.807) is 4.68 Å². The molecule has 0 fully saturated rings. The van der Waals surface area contributed by atoms with Gasteiger partial charge in [0.05, 0.1) is 0 Å². The number of hydrogen-bond acceptors (Lipinski definition) is 4.